The van der Waals surface area contributed by atoms with Crippen molar-refractivity contribution in [2.45, 2.75) is 116 Å². The van der Waals surface area contributed by atoms with E-state index in [9.17, 15) is 0 Å². The summed E-state index contributed by atoms with van der Waals surface area (Å²) >= 11 is 0. The Balaban J connectivity index is 1.45. The number of nitrogens with zero attached hydrogens (tertiary/aromatic N) is 1. The van der Waals surface area contributed by atoms with Gasteiger partial charge in [0, 0.05) is 23.8 Å². The van der Waals surface area contributed by atoms with Gasteiger partial charge in [-0.3, -0.25) is 0 Å². The van der Waals surface area contributed by atoms with Gasteiger partial charge < -0.3 is 9.64 Å². The first kappa shape index (κ1) is 33.8. The van der Waals surface area contributed by atoms with Crippen molar-refractivity contribution in [3.8, 4) is 28.0 Å². The van der Waals surface area contributed by atoms with Crippen molar-refractivity contribution in [1.29, 1.82) is 0 Å². The van der Waals surface area contributed by atoms with Crippen LogP contribution < -0.4 is 9.64 Å². The van der Waals surface area contributed by atoms with Crippen LogP contribution in [0.1, 0.15) is 120 Å². The smallest absolute Gasteiger partial charge is 0.119 e. The number of anilines is 2. The molecule has 0 bridgehead atoms. The van der Waals surface area contributed by atoms with E-state index in [0.29, 0.717) is 0 Å². The van der Waals surface area contributed by atoms with Gasteiger partial charge in [0.15, 0.2) is 0 Å². The number of hydrogen-bond donors (Lipinski definition) is 0. The van der Waals surface area contributed by atoms with Gasteiger partial charge in [0.1, 0.15) is 5.75 Å². The molecular formula is C44H57NO. The third-order valence-electron chi connectivity index (χ3n) is 10.5. The molecule has 1 aliphatic carbocycles. The highest BCUT2D eigenvalue weighted by atomic mass is 16.5. The summed E-state index contributed by atoms with van der Waals surface area (Å²) in [7, 11) is 3.84. The Labute approximate surface area is 280 Å². The Bertz CT molecular complexity index is 1500. The molecule has 4 aromatic carbocycles. The lowest BCUT2D eigenvalue weighted by molar-refractivity contribution is 0.398. The molecule has 0 saturated heterocycles. The normalized spacial score (nSPS) is 13.0. The van der Waals surface area contributed by atoms with Crippen molar-refractivity contribution in [2.75, 3.05) is 19.1 Å². The van der Waals surface area contributed by atoms with Crippen molar-refractivity contribution in [1.82, 2.24) is 0 Å². The molecule has 46 heavy (non-hydrogen) atoms. The zero-order chi connectivity index (χ0) is 32.4. The van der Waals surface area contributed by atoms with Crippen LogP contribution >= 0.6 is 0 Å². The largest absolute Gasteiger partial charge is 0.497 e. The molecule has 5 rings (SSSR count). The summed E-state index contributed by atoms with van der Waals surface area (Å²) in [6, 6.07) is 32.0. The Morgan fingerprint density at radius 2 is 1.02 bits per heavy atom. The number of hydrogen-bond acceptors (Lipinski definition) is 2. The topological polar surface area (TPSA) is 12.5 Å². The van der Waals surface area contributed by atoms with Crippen LogP contribution in [0.3, 0.4) is 0 Å². The van der Waals surface area contributed by atoms with Gasteiger partial charge in [0.05, 0.1) is 7.11 Å². The van der Waals surface area contributed by atoms with Gasteiger partial charge in [0.2, 0.25) is 0 Å². The number of benzene rings is 4. The molecule has 2 nitrogen and oxygen atoms in total. The molecule has 0 aliphatic heterocycles. The molecule has 0 spiro atoms. The summed E-state index contributed by atoms with van der Waals surface area (Å²) in [4.78, 5) is 2.23. The predicted molar refractivity (Wildman–Crippen MR) is 200 cm³/mol. The maximum Gasteiger partial charge on any atom is 0.119 e. The summed E-state index contributed by atoms with van der Waals surface area (Å²) in [6.07, 6.45) is 18.7. The first-order valence-corrected chi connectivity index (χ1v) is 18.2. The molecule has 0 atom stereocenters. The highest BCUT2D eigenvalue weighted by Crippen LogP contribution is 2.55. The average molecular weight is 616 g/mol. The van der Waals surface area contributed by atoms with E-state index in [-0.39, 0.29) is 5.41 Å². The zero-order valence-electron chi connectivity index (χ0n) is 29.3. The number of methoxy groups -OCH3 is 1. The minimum atomic E-state index is 0.108. The van der Waals surface area contributed by atoms with Crippen LogP contribution in [0.2, 0.25) is 0 Å². The van der Waals surface area contributed by atoms with Gasteiger partial charge in [0.25, 0.3) is 0 Å². The molecule has 0 amide bonds. The monoisotopic (exact) mass is 615 g/mol. The summed E-state index contributed by atoms with van der Waals surface area (Å²) in [5, 5.41) is 0. The Morgan fingerprint density at radius 1 is 0.543 bits per heavy atom. The molecule has 0 saturated carbocycles. The quantitative estimate of drug-likeness (QED) is 0.103. The lowest BCUT2D eigenvalue weighted by atomic mass is 9.70. The number of aryl methyl sites for hydroxylation is 1. The second-order valence-corrected chi connectivity index (χ2v) is 13.7. The van der Waals surface area contributed by atoms with Crippen molar-refractivity contribution >= 4 is 11.4 Å². The molecule has 0 radical (unpaired) electrons. The van der Waals surface area contributed by atoms with E-state index in [1.165, 1.54) is 123 Å². The molecule has 0 heterocycles. The third kappa shape index (κ3) is 7.71. The second kappa shape index (κ2) is 16.3. The molecule has 4 aromatic rings. The Morgan fingerprint density at radius 3 is 1.59 bits per heavy atom. The predicted octanol–water partition coefficient (Wildman–Crippen LogP) is 13.2. The molecule has 2 heteroatoms. The van der Waals surface area contributed by atoms with Gasteiger partial charge in [-0.1, -0.05) is 139 Å². The molecule has 0 unspecified atom stereocenters. The number of unbranched alkanes of at least 4 members (excludes halogenated alkanes) is 10. The van der Waals surface area contributed by atoms with Crippen molar-refractivity contribution in [3.63, 3.8) is 0 Å². The van der Waals surface area contributed by atoms with Crippen LogP contribution in [0.5, 0.6) is 5.75 Å². The van der Waals surface area contributed by atoms with Gasteiger partial charge in [-0.05, 0) is 95.6 Å². The number of ether oxygens (including phenoxy) is 1. The van der Waals surface area contributed by atoms with Crippen molar-refractivity contribution in [2.24, 2.45) is 0 Å². The van der Waals surface area contributed by atoms with Gasteiger partial charge in [-0.25, -0.2) is 0 Å². The highest BCUT2D eigenvalue weighted by molar-refractivity contribution is 5.84. The molecular weight excluding hydrogens is 558 g/mol. The minimum absolute atomic E-state index is 0.108. The standard InChI is InChI=1S/C44H57NO/c1-6-8-10-12-14-16-30-44(31-17-15-13-11-9-7-2)42-32-34(3)18-28-40(42)41-29-21-36(33-43(41)44)35-19-22-37(23-20-35)45(4)38-24-26-39(46-5)27-25-38/h18-29,32-33H,6-17,30-31H2,1-5H3. The summed E-state index contributed by atoms with van der Waals surface area (Å²) in [5.41, 5.74) is 12.5. The van der Waals surface area contributed by atoms with E-state index in [2.05, 4.69) is 106 Å². The first-order chi connectivity index (χ1) is 22.5. The average Bonchev–Trinajstić information content (AvgIpc) is 3.35. The van der Waals surface area contributed by atoms with Crippen molar-refractivity contribution < 1.29 is 4.74 Å². The van der Waals surface area contributed by atoms with Gasteiger partial charge >= 0.3 is 0 Å². The second-order valence-electron chi connectivity index (χ2n) is 13.7. The van der Waals surface area contributed by atoms with E-state index in [4.69, 9.17) is 4.74 Å². The Hall–Kier alpha value is -3.52. The van der Waals surface area contributed by atoms with Crippen LogP contribution in [-0.2, 0) is 5.41 Å². The van der Waals surface area contributed by atoms with E-state index in [0.717, 1.165) is 11.4 Å². The van der Waals surface area contributed by atoms with Crippen LogP contribution in [0.25, 0.3) is 22.3 Å². The van der Waals surface area contributed by atoms with Crippen LogP contribution in [0.4, 0.5) is 11.4 Å². The van der Waals surface area contributed by atoms with E-state index in [1.807, 2.05) is 12.1 Å². The summed E-state index contributed by atoms with van der Waals surface area (Å²) in [5.74, 6) is 0.880. The summed E-state index contributed by atoms with van der Waals surface area (Å²) < 4.78 is 5.36. The van der Waals surface area contributed by atoms with Gasteiger partial charge in [-0.2, -0.15) is 0 Å². The zero-order valence-corrected chi connectivity index (χ0v) is 29.3. The highest BCUT2D eigenvalue weighted by Gasteiger charge is 2.42. The molecule has 1 aliphatic rings. The SMILES string of the molecule is CCCCCCCCC1(CCCCCCCC)c2cc(C)ccc2-c2ccc(-c3ccc(N(C)c4ccc(OC)cc4)cc3)cc21. The lowest BCUT2D eigenvalue weighted by Crippen LogP contribution is -2.25. The van der Waals surface area contributed by atoms with Crippen LogP contribution in [-0.4, -0.2) is 14.2 Å². The molecule has 0 N–H and O–H groups in total. The fourth-order valence-electron chi connectivity index (χ4n) is 7.70. The van der Waals surface area contributed by atoms with Crippen LogP contribution in [0.15, 0.2) is 84.9 Å². The van der Waals surface area contributed by atoms with Crippen molar-refractivity contribution in [3.05, 3.63) is 102 Å². The van der Waals surface area contributed by atoms with Crippen LogP contribution in [0, 0.1) is 6.92 Å². The summed E-state index contributed by atoms with van der Waals surface area (Å²) in [6.45, 7) is 6.91. The number of fused-ring (bicyclic) bond motifs is 3. The van der Waals surface area contributed by atoms with Gasteiger partial charge in [-0.15, -0.1) is 0 Å². The molecule has 0 fully saturated rings. The molecule has 0 aromatic heterocycles. The fourth-order valence-corrected chi connectivity index (χ4v) is 7.70. The minimum Gasteiger partial charge on any atom is -0.497 e. The molecule has 244 valence electrons. The third-order valence-corrected chi connectivity index (χ3v) is 10.5. The van der Waals surface area contributed by atoms with E-state index >= 15 is 0 Å². The van der Waals surface area contributed by atoms with E-state index in [1.54, 1.807) is 18.2 Å². The Kier molecular flexibility index (Phi) is 12.0. The lowest BCUT2D eigenvalue weighted by Gasteiger charge is -2.33. The maximum atomic E-state index is 5.36. The maximum absolute atomic E-state index is 5.36. The first-order valence-electron chi connectivity index (χ1n) is 18.2. The number of rotatable bonds is 18. The van der Waals surface area contributed by atoms with E-state index < -0.39 is 0 Å². The fraction of sp³-hybridized carbons (Fsp3) is 0.455.